The van der Waals surface area contributed by atoms with E-state index in [0.717, 1.165) is 52.1 Å². The molecule has 108 valence electrons. The van der Waals surface area contributed by atoms with Gasteiger partial charge in [-0.25, -0.2) is 0 Å². The van der Waals surface area contributed by atoms with E-state index in [1.807, 2.05) is 23.1 Å². The van der Waals surface area contributed by atoms with Gasteiger partial charge in [0, 0.05) is 39.3 Å². The highest BCUT2D eigenvalue weighted by molar-refractivity contribution is 5.82. The van der Waals surface area contributed by atoms with Crippen molar-refractivity contribution in [3.05, 3.63) is 35.9 Å². The molecule has 0 saturated carbocycles. The monoisotopic (exact) mass is 273 g/mol. The smallest absolute Gasteiger partial charge is 0.240 e. The molecule has 0 spiro atoms. The van der Waals surface area contributed by atoms with Gasteiger partial charge in [0.05, 0.1) is 6.04 Å². The van der Waals surface area contributed by atoms with E-state index in [1.54, 1.807) is 0 Å². The van der Waals surface area contributed by atoms with E-state index in [4.69, 9.17) is 0 Å². The molecule has 1 atom stereocenters. The van der Waals surface area contributed by atoms with Gasteiger partial charge in [-0.05, 0) is 18.4 Å². The number of amides is 1. The summed E-state index contributed by atoms with van der Waals surface area (Å²) in [4.78, 5) is 17.1. The first kappa shape index (κ1) is 13.6. The van der Waals surface area contributed by atoms with E-state index < -0.39 is 0 Å². The van der Waals surface area contributed by atoms with Crippen LogP contribution in [0, 0.1) is 0 Å². The van der Waals surface area contributed by atoms with E-state index in [9.17, 15) is 4.79 Å². The van der Waals surface area contributed by atoms with E-state index in [2.05, 4.69) is 22.3 Å². The second-order valence-electron chi connectivity index (χ2n) is 5.69. The summed E-state index contributed by atoms with van der Waals surface area (Å²) in [6.07, 6.45) is 2.14. The molecule has 1 amide bonds. The number of carbonyl (C=O) groups is 1. The molecule has 3 rings (SSSR count). The van der Waals surface area contributed by atoms with E-state index in [0.29, 0.717) is 5.91 Å². The number of hydrogen-bond donors (Lipinski definition) is 1. The van der Waals surface area contributed by atoms with Crippen molar-refractivity contribution in [2.45, 2.75) is 25.4 Å². The zero-order valence-corrected chi connectivity index (χ0v) is 11.9. The van der Waals surface area contributed by atoms with Crippen molar-refractivity contribution in [1.82, 2.24) is 15.1 Å². The van der Waals surface area contributed by atoms with Crippen molar-refractivity contribution in [2.24, 2.45) is 0 Å². The molecule has 2 fully saturated rings. The van der Waals surface area contributed by atoms with Gasteiger partial charge in [-0.3, -0.25) is 9.69 Å². The first-order chi connectivity index (χ1) is 9.84. The zero-order chi connectivity index (χ0) is 13.8. The Morgan fingerprint density at radius 3 is 2.60 bits per heavy atom. The third-order valence-corrected chi connectivity index (χ3v) is 4.31. The Labute approximate surface area is 120 Å². The Morgan fingerprint density at radius 1 is 1.10 bits per heavy atom. The summed E-state index contributed by atoms with van der Waals surface area (Å²) < 4.78 is 0. The molecular formula is C16H23N3O. The predicted molar refractivity (Wildman–Crippen MR) is 79.3 cm³/mol. The van der Waals surface area contributed by atoms with Gasteiger partial charge in [0.1, 0.15) is 0 Å². The van der Waals surface area contributed by atoms with Gasteiger partial charge in [0.2, 0.25) is 5.91 Å². The molecule has 0 bridgehead atoms. The van der Waals surface area contributed by atoms with Gasteiger partial charge in [0.25, 0.3) is 0 Å². The summed E-state index contributed by atoms with van der Waals surface area (Å²) in [6.45, 7) is 5.65. The highest BCUT2D eigenvalue weighted by atomic mass is 16.2. The molecule has 2 aliphatic rings. The van der Waals surface area contributed by atoms with E-state index in [1.165, 1.54) is 5.56 Å². The highest BCUT2D eigenvalue weighted by Gasteiger charge is 2.33. The summed E-state index contributed by atoms with van der Waals surface area (Å²) in [7, 11) is 0. The van der Waals surface area contributed by atoms with Crippen LogP contribution in [-0.4, -0.2) is 54.5 Å². The number of nitrogens with zero attached hydrogens (tertiary/aromatic N) is 2. The minimum absolute atomic E-state index is 0.106. The second kappa shape index (κ2) is 6.37. The summed E-state index contributed by atoms with van der Waals surface area (Å²) in [5.74, 6) is 0.321. The van der Waals surface area contributed by atoms with Crippen molar-refractivity contribution >= 4 is 5.91 Å². The molecule has 20 heavy (non-hydrogen) atoms. The zero-order valence-electron chi connectivity index (χ0n) is 11.9. The maximum Gasteiger partial charge on any atom is 0.240 e. The maximum atomic E-state index is 12.7. The van der Waals surface area contributed by atoms with Crippen LogP contribution >= 0.6 is 0 Å². The van der Waals surface area contributed by atoms with Crippen LogP contribution < -0.4 is 5.32 Å². The van der Waals surface area contributed by atoms with Crippen LogP contribution in [0.1, 0.15) is 18.4 Å². The number of benzene rings is 1. The van der Waals surface area contributed by atoms with Gasteiger partial charge >= 0.3 is 0 Å². The van der Waals surface area contributed by atoms with Crippen LogP contribution in [0.5, 0.6) is 0 Å². The Kier molecular flexibility index (Phi) is 4.33. The van der Waals surface area contributed by atoms with E-state index in [-0.39, 0.29) is 6.04 Å². The SMILES string of the molecule is O=C1C(N2CCNCC2)CCCN1Cc1ccccc1. The number of likely N-dealkylation sites (tertiary alicyclic amines) is 1. The Hall–Kier alpha value is -1.39. The number of hydrogen-bond acceptors (Lipinski definition) is 3. The van der Waals surface area contributed by atoms with Crippen molar-refractivity contribution < 1.29 is 4.79 Å². The fourth-order valence-corrected chi connectivity index (χ4v) is 3.21. The van der Waals surface area contributed by atoms with Crippen LogP contribution in [0.2, 0.25) is 0 Å². The lowest BCUT2D eigenvalue weighted by Gasteiger charge is -2.40. The van der Waals surface area contributed by atoms with Crippen molar-refractivity contribution in [3.8, 4) is 0 Å². The number of nitrogens with one attached hydrogen (secondary N) is 1. The van der Waals surface area contributed by atoms with Crippen molar-refractivity contribution in [2.75, 3.05) is 32.7 Å². The minimum Gasteiger partial charge on any atom is -0.337 e. The maximum absolute atomic E-state index is 12.7. The lowest BCUT2D eigenvalue weighted by Crippen LogP contribution is -2.56. The molecule has 1 N–H and O–H groups in total. The first-order valence-electron chi connectivity index (χ1n) is 7.62. The molecule has 2 saturated heterocycles. The lowest BCUT2D eigenvalue weighted by atomic mass is 10.0. The first-order valence-corrected chi connectivity index (χ1v) is 7.62. The summed E-state index contributed by atoms with van der Waals surface area (Å²) in [5.41, 5.74) is 1.22. The number of rotatable bonds is 3. The summed E-state index contributed by atoms with van der Waals surface area (Å²) in [5, 5.41) is 3.35. The average Bonchev–Trinajstić information content (AvgIpc) is 2.51. The average molecular weight is 273 g/mol. The van der Waals surface area contributed by atoms with Crippen molar-refractivity contribution in [3.63, 3.8) is 0 Å². The van der Waals surface area contributed by atoms with Gasteiger partial charge in [-0.1, -0.05) is 30.3 Å². The van der Waals surface area contributed by atoms with Gasteiger partial charge in [-0.2, -0.15) is 0 Å². The molecule has 1 unspecified atom stereocenters. The molecule has 0 radical (unpaired) electrons. The highest BCUT2D eigenvalue weighted by Crippen LogP contribution is 2.19. The third kappa shape index (κ3) is 3.02. The topological polar surface area (TPSA) is 35.6 Å². The quantitative estimate of drug-likeness (QED) is 0.895. The second-order valence-corrected chi connectivity index (χ2v) is 5.69. The number of piperidine rings is 1. The normalized spacial score (nSPS) is 24.9. The molecule has 1 aromatic rings. The fourth-order valence-electron chi connectivity index (χ4n) is 3.21. The molecule has 4 heteroatoms. The third-order valence-electron chi connectivity index (χ3n) is 4.31. The van der Waals surface area contributed by atoms with Gasteiger partial charge in [-0.15, -0.1) is 0 Å². The fraction of sp³-hybridized carbons (Fsp3) is 0.562. The van der Waals surface area contributed by atoms with Crippen LogP contribution in [0.25, 0.3) is 0 Å². The van der Waals surface area contributed by atoms with Crippen LogP contribution in [-0.2, 0) is 11.3 Å². The minimum atomic E-state index is 0.106. The largest absolute Gasteiger partial charge is 0.337 e. The number of carbonyl (C=O) groups excluding carboxylic acids is 1. The predicted octanol–water partition coefficient (Wildman–Crippen LogP) is 1.08. The van der Waals surface area contributed by atoms with Crippen LogP contribution in [0.15, 0.2) is 30.3 Å². The lowest BCUT2D eigenvalue weighted by molar-refractivity contribution is -0.141. The molecular weight excluding hydrogens is 250 g/mol. The standard InChI is InChI=1S/C16H23N3O/c20-16-15(18-11-8-17-9-12-18)7-4-10-19(16)13-14-5-2-1-3-6-14/h1-3,5-6,15,17H,4,7-13H2. The van der Waals surface area contributed by atoms with Crippen LogP contribution in [0.4, 0.5) is 0 Å². The van der Waals surface area contributed by atoms with Gasteiger partial charge < -0.3 is 10.2 Å². The summed E-state index contributed by atoms with van der Waals surface area (Å²) in [6, 6.07) is 10.4. The molecule has 0 aromatic heterocycles. The molecule has 2 heterocycles. The van der Waals surface area contributed by atoms with Gasteiger partial charge in [0.15, 0.2) is 0 Å². The summed E-state index contributed by atoms with van der Waals surface area (Å²) >= 11 is 0. The Bertz CT molecular complexity index is 442. The Morgan fingerprint density at radius 2 is 1.85 bits per heavy atom. The molecule has 2 aliphatic heterocycles. The van der Waals surface area contributed by atoms with Crippen LogP contribution in [0.3, 0.4) is 0 Å². The van der Waals surface area contributed by atoms with E-state index >= 15 is 0 Å². The Balaban J connectivity index is 1.65. The molecule has 4 nitrogen and oxygen atoms in total. The van der Waals surface area contributed by atoms with Crippen molar-refractivity contribution in [1.29, 1.82) is 0 Å². The molecule has 1 aromatic carbocycles. The number of piperazine rings is 1. The molecule has 0 aliphatic carbocycles.